The lowest BCUT2D eigenvalue weighted by Gasteiger charge is -2.08. The van der Waals surface area contributed by atoms with E-state index in [0.717, 1.165) is 6.07 Å². The topological polar surface area (TPSA) is 54.9 Å². The van der Waals surface area contributed by atoms with E-state index in [4.69, 9.17) is 11.6 Å². The Balaban J connectivity index is 2.93. The first kappa shape index (κ1) is 13.9. The zero-order chi connectivity index (χ0) is 14.3. The zero-order valence-electron chi connectivity index (χ0n) is 8.81. The molecule has 2 rings (SSSR count). The molecule has 0 unspecified atom stereocenters. The summed E-state index contributed by atoms with van der Waals surface area (Å²) in [7, 11) is 0. The monoisotopic (exact) mass is 354 g/mol. The number of rotatable bonds is 1. The van der Waals surface area contributed by atoms with Gasteiger partial charge in [-0.05, 0) is 22.0 Å². The van der Waals surface area contributed by atoms with E-state index >= 15 is 0 Å². The molecule has 1 N–H and O–H groups in total. The maximum atomic E-state index is 13.7. The standard InChI is InChI=1S/C10H3BrClF3N2O2/c11-4-1-3(13)2-5(14)7(4)17-9(18)6(15)8(12)16-10(17)19/h1-2H,(H,16,19). The Hall–Kier alpha value is -1.54. The number of halogens is 5. The van der Waals surface area contributed by atoms with Crippen molar-refractivity contribution in [2.75, 3.05) is 0 Å². The number of hydrogen-bond acceptors (Lipinski definition) is 2. The summed E-state index contributed by atoms with van der Waals surface area (Å²) in [6.07, 6.45) is 0. The van der Waals surface area contributed by atoms with Crippen LogP contribution < -0.4 is 11.2 Å². The summed E-state index contributed by atoms with van der Waals surface area (Å²) in [4.78, 5) is 25.0. The van der Waals surface area contributed by atoms with Crippen molar-refractivity contribution in [3.05, 3.63) is 60.0 Å². The second kappa shape index (κ2) is 4.86. The molecule has 0 spiro atoms. The van der Waals surface area contributed by atoms with Crippen LogP contribution in [-0.2, 0) is 0 Å². The Morgan fingerprint density at radius 1 is 1.21 bits per heavy atom. The van der Waals surface area contributed by atoms with Gasteiger partial charge in [0, 0.05) is 10.5 Å². The molecule has 0 saturated carbocycles. The van der Waals surface area contributed by atoms with Gasteiger partial charge in [0.05, 0.1) is 0 Å². The highest BCUT2D eigenvalue weighted by Crippen LogP contribution is 2.23. The van der Waals surface area contributed by atoms with Crippen molar-refractivity contribution in [2.24, 2.45) is 0 Å². The van der Waals surface area contributed by atoms with Crippen LogP contribution in [0.15, 0.2) is 26.2 Å². The molecule has 2 aromatic rings. The Labute approximate surface area is 116 Å². The van der Waals surface area contributed by atoms with Gasteiger partial charge < -0.3 is 0 Å². The number of aromatic amines is 1. The fourth-order valence-corrected chi connectivity index (χ4v) is 2.19. The molecule has 0 amide bonds. The lowest BCUT2D eigenvalue weighted by molar-refractivity contribution is 0.558. The first-order valence-electron chi connectivity index (χ1n) is 4.68. The average molecular weight is 355 g/mol. The number of nitrogens with zero attached hydrogens (tertiary/aromatic N) is 1. The van der Waals surface area contributed by atoms with E-state index in [-0.39, 0.29) is 9.04 Å². The molecule has 0 fully saturated rings. The van der Waals surface area contributed by atoms with Crippen molar-refractivity contribution in [3.63, 3.8) is 0 Å². The molecule has 0 aliphatic carbocycles. The second-order valence-electron chi connectivity index (χ2n) is 3.42. The van der Waals surface area contributed by atoms with Gasteiger partial charge in [-0.3, -0.25) is 9.78 Å². The fraction of sp³-hybridized carbons (Fsp3) is 0. The molecular weight excluding hydrogens is 352 g/mol. The van der Waals surface area contributed by atoms with Gasteiger partial charge >= 0.3 is 5.69 Å². The van der Waals surface area contributed by atoms with Crippen LogP contribution in [0.2, 0.25) is 5.15 Å². The van der Waals surface area contributed by atoms with Gasteiger partial charge in [0.15, 0.2) is 11.0 Å². The first-order chi connectivity index (χ1) is 8.82. The summed E-state index contributed by atoms with van der Waals surface area (Å²) in [6, 6.07) is 1.29. The number of H-pyrrole nitrogens is 1. The molecule has 0 radical (unpaired) electrons. The normalized spacial score (nSPS) is 10.8. The molecule has 0 aliphatic heterocycles. The largest absolute Gasteiger partial charge is 0.334 e. The van der Waals surface area contributed by atoms with Crippen LogP contribution in [0.1, 0.15) is 0 Å². The van der Waals surface area contributed by atoms with E-state index in [1.165, 1.54) is 0 Å². The minimum absolute atomic E-state index is 0.181. The maximum Gasteiger partial charge on any atom is 0.334 e. The predicted octanol–water partition coefficient (Wildman–Crippen LogP) is 2.36. The summed E-state index contributed by atoms with van der Waals surface area (Å²) in [5, 5.41) is -0.787. The van der Waals surface area contributed by atoms with Crippen molar-refractivity contribution in [2.45, 2.75) is 0 Å². The number of benzene rings is 1. The van der Waals surface area contributed by atoms with Crippen molar-refractivity contribution >= 4 is 27.5 Å². The fourth-order valence-electron chi connectivity index (χ4n) is 1.44. The minimum atomic E-state index is -1.45. The van der Waals surface area contributed by atoms with Crippen LogP contribution in [0.4, 0.5) is 13.2 Å². The van der Waals surface area contributed by atoms with Crippen molar-refractivity contribution < 1.29 is 13.2 Å². The van der Waals surface area contributed by atoms with Gasteiger partial charge in [0.2, 0.25) is 5.82 Å². The molecule has 100 valence electrons. The van der Waals surface area contributed by atoms with E-state index in [9.17, 15) is 22.8 Å². The molecular formula is C10H3BrClF3N2O2. The van der Waals surface area contributed by atoms with E-state index in [2.05, 4.69) is 15.9 Å². The molecule has 4 nitrogen and oxygen atoms in total. The highest BCUT2D eigenvalue weighted by molar-refractivity contribution is 9.10. The van der Waals surface area contributed by atoms with Gasteiger partial charge in [-0.1, -0.05) is 11.6 Å². The summed E-state index contributed by atoms with van der Waals surface area (Å²) in [5.74, 6) is -3.58. The SMILES string of the molecule is O=c1[nH]c(Cl)c(F)c(=O)n1-c1c(F)cc(F)cc1Br. The van der Waals surface area contributed by atoms with E-state index in [0.29, 0.717) is 6.07 Å². The number of hydrogen-bond donors (Lipinski definition) is 1. The van der Waals surface area contributed by atoms with Gasteiger partial charge in [-0.2, -0.15) is 4.39 Å². The third-order valence-electron chi connectivity index (χ3n) is 2.21. The second-order valence-corrected chi connectivity index (χ2v) is 4.65. The van der Waals surface area contributed by atoms with Crippen molar-refractivity contribution in [3.8, 4) is 5.69 Å². The van der Waals surface area contributed by atoms with E-state index in [1.54, 1.807) is 0 Å². The summed E-state index contributed by atoms with van der Waals surface area (Å²) in [5.41, 5.74) is -3.20. The quantitative estimate of drug-likeness (QED) is 0.799. The van der Waals surface area contributed by atoms with Gasteiger partial charge in [0.1, 0.15) is 11.5 Å². The van der Waals surface area contributed by atoms with Gasteiger partial charge in [-0.15, -0.1) is 0 Å². The van der Waals surface area contributed by atoms with Crippen molar-refractivity contribution in [1.82, 2.24) is 9.55 Å². The lowest BCUT2D eigenvalue weighted by Crippen LogP contribution is -2.36. The van der Waals surface area contributed by atoms with Crippen LogP contribution in [0.25, 0.3) is 5.69 Å². The molecule has 0 saturated heterocycles. The molecule has 0 bridgehead atoms. The van der Waals surface area contributed by atoms with Crippen LogP contribution in [0, 0.1) is 17.5 Å². The molecule has 1 aromatic heterocycles. The molecule has 1 heterocycles. The molecule has 19 heavy (non-hydrogen) atoms. The Morgan fingerprint density at radius 2 is 1.84 bits per heavy atom. The van der Waals surface area contributed by atoms with Crippen LogP contribution in [0.5, 0.6) is 0 Å². The Bertz CT molecular complexity index is 764. The molecule has 0 aliphatic rings. The smallest absolute Gasteiger partial charge is 0.295 e. The van der Waals surface area contributed by atoms with Crippen molar-refractivity contribution in [1.29, 1.82) is 0 Å². The zero-order valence-corrected chi connectivity index (χ0v) is 11.2. The Kier molecular flexibility index (Phi) is 3.55. The van der Waals surface area contributed by atoms with Crippen LogP contribution >= 0.6 is 27.5 Å². The highest BCUT2D eigenvalue weighted by atomic mass is 79.9. The Morgan fingerprint density at radius 3 is 2.42 bits per heavy atom. The number of aromatic nitrogens is 2. The molecule has 9 heteroatoms. The predicted molar refractivity (Wildman–Crippen MR) is 65.2 cm³/mol. The molecule has 1 aromatic carbocycles. The lowest BCUT2D eigenvalue weighted by atomic mass is 10.3. The van der Waals surface area contributed by atoms with Gasteiger partial charge in [0.25, 0.3) is 5.56 Å². The number of nitrogens with one attached hydrogen (secondary N) is 1. The summed E-state index contributed by atoms with van der Waals surface area (Å²) in [6.45, 7) is 0. The van der Waals surface area contributed by atoms with Crippen LogP contribution in [-0.4, -0.2) is 9.55 Å². The van der Waals surface area contributed by atoms with Gasteiger partial charge in [-0.25, -0.2) is 18.1 Å². The minimum Gasteiger partial charge on any atom is -0.295 e. The van der Waals surface area contributed by atoms with E-state index < -0.39 is 39.5 Å². The highest BCUT2D eigenvalue weighted by Gasteiger charge is 2.19. The third-order valence-corrected chi connectivity index (χ3v) is 3.07. The van der Waals surface area contributed by atoms with E-state index in [1.807, 2.05) is 4.98 Å². The van der Waals surface area contributed by atoms with Crippen LogP contribution in [0.3, 0.4) is 0 Å². The summed E-state index contributed by atoms with van der Waals surface area (Å²) < 4.78 is 39.9. The third kappa shape index (κ3) is 2.33. The summed E-state index contributed by atoms with van der Waals surface area (Å²) >= 11 is 8.07. The average Bonchev–Trinajstić information content (AvgIpc) is 2.29. The first-order valence-corrected chi connectivity index (χ1v) is 5.85. The molecule has 0 atom stereocenters. The maximum absolute atomic E-state index is 13.7.